The van der Waals surface area contributed by atoms with Crippen molar-refractivity contribution >= 4 is 17.5 Å². The summed E-state index contributed by atoms with van der Waals surface area (Å²) < 4.78 is 1.33. The molecule has 0 saturated heterocycles. The van der Waals surface area contributed by atoms with Crippen molar-refractivity contribution < 1.29 is 9.59 Å². The summed E-state index contributed by atoms with van der Waals surface area (Å²) in [4.78, 5) is 23.8. The molecular formula is C18H16N4O2. The lowest BCUT2D eigenvalue weighted by Gasteiger charge is -2.07. The van der Waals surface area contributed by atoms with Crippen LogP contribution in [0.25, 0.3) is 11.1 Å². The monoisotopic (exact) mass is 320 g/mol. The first kappa shape index (κ1) is 15.5. The van der Waals surface area contributed by atoms with Gasteiger partial charge in [0.05, 0.1) is 11.9 Å². The van der Waals surface area contributed by atoms with Crippen LogP contribution in [0.5, 0.6) is 0 Å². The van der Waals surface area contributed by atoms with E-state index in [1.54, 1.807) is 19.2 Å². The fraction of sp³-hybridized carbons (Fsp3) is 0.0556. The molecule has 0 spiro atoms. The average molecular weight is 320 g/mol. The van der Waals surface area contributed by atoms with Gasteiger partial charge in [0.15, 0.2) is 0 Å². The summed E-state index contributed by atoms with van der Waals surface area (Å²) in [5.41, 5.74) is 8.33. The van der Waals surface area contributed by atoms with E-state index in [1.165, 1.54) is 10.9 Å². The van der Waals surface area contributed by atoms with Crippen LogP contribution in [-0.4, -0.2) is 21.6 Å². The van der Waals surface area contributed by atoms with Gasteiger partial charge >= 0.3 is 0 Å². The second-order valence-corrected chi connectivity index (χ2v) is 5.29. The van der Waals surface area contributed by atoms with Gasteiger partial charge in [-0.3, -0.25) is 14.3 Å². The molecule has 3 rings (SSSR count). The smallest absolute Gasteiger partial charge is 0.269 e. The topological polar surface area (TPSA) is 90.0 Å². The van der Waals surface area contributed by atoms with Gasteiger partial charge in [-0.05, 0) is 23.3 Å². The molecule has 0 aliphatic rings. The molecule has 0 aliphatic carbocycles. The molecule has 1 heterocycles. The molecule has 24 heavy (non-hydrogen) atoms. The zero-order chi connectivity index (χ0) is 17.1. The Morgan fingerprint density at radius 2 is 1.62 bits per heavy atom. The van der Waals surface area contributed by atoms with Gasteiger partial charge in [-0.25, -0.2) is 0 Å². The van der Waals surface area contributed by atoms with Crippen LogP contribution in [0.1, 0.15) is 20.8 Å². The zero-order valence-corrected chi connectivity index (χ0v) is 13.1. The Labute approximate surface area is 138 Å². The van der Waals surface area contributed by atoms with Crippen LogP contribution < -0.4 is 11.1 Å². The van der Waals surface area contributed by atoms with E-state index in [1.807, 2.05) is 42.5 Å². The van der Waals surface area contributed by atoms with Gasteiger partial charge < -0.3 is 11.1 Å². The van der Waals surface area contributed by atoms with E-state index < -0.39 is 5.91 Å². The number of hydrogen-bond donors (Lipinski definition) is 2. The van der Waals surface area contributed by atoms with Gasteiger partial charge in [-0.15, -0.1) is 0 Å². The summed E-state index contributed by atoms with van der Waals surface area (Å²) in [6.45, 7) is 0. The van der Waals surface area contributed by atoms with Gasteiger partial charge in [0.2, 0.25) is 0 Å². The fourth-order valence-electron chi connectivity index (χ4n) is 2.46. The molecule has 0 saturated carbocycles. The lowest BCUT2D eigenvalue weighted by atomic mass is 10.0. The number of nitrogens with zero attached hydrogens (tertiary/aromatic N) is 2. The first-order valence-corrected chi connectivity index (χ1v) is 7.35. The first-order chi connectivity index (χ1) is 11.6. The SMILES string of the molecule is Cn1ncc(NC(=O)c2ccc(-c3ccccc3)cc2)c1C(N)=O. The Hall–Kier alpha value is -3.41. The molecule has 3 N–H and O–H groups in total. The number of rotatable bonds is 4. The average Bonchev–Trinajstić information content (AvgIpc) is 2.96. The van der Waals surface area contributed by atoms with Crippen molar-refractivity contribution in [1.29, 1.82) is 0 Å². The predicted molar refractivity (Wildman–Crippen MR) is 91.6 cm³/mol. The highest BCUT2D eigenvalue weighted by Crippen LogP contribution is 2.20. The molecule has 0 bridgehead atoms. The van der Waals surface area contributed by atoms with Crippen LogP contribution in [0.3, 0.4) is 0 Å². The second kappa shape index (κ2) is 6.37. The Bertz CT molecular complexity index is 883. The largest absolute Gasteiger partial charge is 0.364 e. The van der Waals surface area contributed by atoms with Crippen LogP contribution in [0.2, 0.25) is 0 Å². The Kier molecular flexibility index (Phi) is 4.11. The third kappa shape index (κ3) is 3.03. The van der Waals surface area contributed by atoms with E-state index in [2.05, 4.69) is 10.4 Å². The van der Waals surface area contributed by atoms with Crippen molar-refractivity contribution in [2.45, 2.75) is 0 Å². The number of hydrogen-bond acceptors (Lipinski definition) is 3. The van der Waals surface area contributed by atoms with Crippen LogP contribution in [0, 0.1) is 0 Å². The lowest BCUT2D eigenvalue weighted by Crippen LogP contribution is -2.20. The maximum Gasteiger partial charge on any atom is 0.269 e. The summed E-state index contributed by atoms with van der Waals surface area (Å²) in [5, 5.41) is 6.60. The standard InChI is InChI=1S/C18H16N4O2/c1-22-16(17(19)23)15(11-20-22)21-18(24)14-9-7-13(8-10-14)12-5-3-2-4-6-12/h2-11H,1H3,(H2,19,23)(H,21,24). The fourth-order valence-corrected chi connectivity index (χ4v) is 2.46. The van der Waals surface area contributed by atoms with Crippen molar-refractivity contribution in [3.63, 3.8) is 0 Å². The molecule has 0 atom stereocenters. The second-order valence-electron chi connectivity index (χ2n) is 5.29. The highest BCUT2D eigenvalue weighted by atomic mass is 16.2. The Morgan fingerprint density at radius 1 is 1.00 bits per heavy atom. The number of primary amides is 1. The molecule has 1 aromatic heterocycles. The molecule has 2 amide bonds. The minimum atomic E-state index is -0.648. The van der Waals surface area contributed by atoms with Crippen molar-refractivity contribution in [3.05, 3.63) is 72.1 Å². The quantitative estimate of drug-likeness (QED) is 0.773. The van der Waals surface area contributed by atoms with Crippen molar-refractivity contribution in [1.82, 2.24) is 9.78 Å². The molecule has 6 nitrogen and oxygen atoms in total. The third-order valence-electron chi connectivity index (χ3n) is 3.67. The highest BCUT2D eigenvalue weighted by Gasteiger charge is 2.16. The summed E-state index contributed by atoms with van der Waals surface area (Å²) in [6.07, 6.45) is 1.40. The van der Waals surface area contributed by atoms with E-state index in [-0.39, 0.29) is 11.6 Å². The first-order valence-electron chi connectivity index (χ1n) is 7.35. The molecule has 0 aliphatic heterocycles. The van der Waals surface area contributed by atoms with Gasteiger partial charge in [-0.1, -0.05) is 42.5 Å². The number of amides is 2. The number of nitrogens with two attached hydrogens (primary N) is 1. The molecule has 0 fully saturated rings. The number of nitrogens with one attached hydrogen (secondary N) is 1. The minimum Gasteiger partial charge on any atom is -0.364 e. The summed E-state index contributed by atoms with van der Waals surface area (Å²) in [5.74, 6) is -0.977. The van der Waals surface area contributed by atoms with Gasteiger partial charge in [0.1, 0.15) is 5.69 Å². The molecular weight excluding hydrogens is 304 g/mol. The lowest BCUT2D eigenvalue weighted by molar-refractivity contribution is 0.0992. The van der Waals surface area contributed by atoms with Crippen molar-refractivity contribution in [3.8, 4) is 11.1 Å². The van der Waals surface area contributed by atoms with E-state index in [4.69, 9.17) is 5.73 Å². The molecule has 2 aromatic carbocycles. The van der Waals surface area contributed by atoms with E-state index in [0.717, 1.165) is 11.1 Å². The molecule has 120 valence electrons. The maximum atomic E-state index is 12.3. The number of carbonyl (C=O) groups excluding carboxylic acids is 2. The number of anilines is 1. The van der Waals surface area contributed by atoms with Crippen molar-refractivity contribution in [2.24, 2.45) is 12.8 Å². The Balaban J connectivity index is 1.80. The van der Waals surface area contributed by atoms with E-state index in [9.17, 15) is 9.59 Å². The van der Waals surface area contributed by atoms with Crippen LogP contribution in [0.4, 0.5) is 5.69 Å². The molecule has 0 radical (unpaired) electrons. The van der Waals surface area contributed by atoms with Gasteiger partial charge in [0.25, 0.3) is 11.8 Å². The highest BCUT2D eigenvalue weighted by molar-refractivity contribution is 6.08. The van der Waals surface area contributed by atoms with Crippen LogP contribution >= 0.6 is 0 Å². The number of benzene rings is 2. The normalized spacial score (nSPS) is 10.4. The third-order valence-corrected chi connectivity index (χ3v) is 3.67. The summed E-state index contributed by atoms with van der Waals surface area (Å²) in [7, 11) is 1.59. The van der Waals surface area contributed by atoms with E-state index in [0.29, 0.717) is 11.3 Å². The van der Waals surface area contributed by atoms with Crippen LogP contribution in [0.15, 0.2) is 60.8 Å². The zero-order valence-electron chi connectivity index (χ0n) is 13.1. The summed E-state index contributed by atoms with van der Waals surface area (Å²) in [6, 6.07) is 17.1. The van der Waals surface area contributed by atoms with E-state index >= 15 is 0 Å². The Morgan fingerprint density at radius 3 is 2.25 bits per heavy atom. The number of carbonyl (C=O) groups is 2. The number of aryl methyl sites for hydroxylation is 1. The number of aromatic nitrogens is 2. The van der Waals surface area contributed by atoms with Crippen LogP contribution in [-0.2, 0) is 7.05 Å². The summed E-state index contributed by atoms with van der Waals surface area (Å²) >= 11 is 0. The predicted octanol–water partition coefficient (Wildman–Crippen LogP) is 2.44. The molecule has 3 aromatic rings. The van der Waals surface area contributed by atoms with Gasteiger partial charge in [0, 0.05) is 12.6 Å². The van der Waals surface area contributed by atoms with Gasteiger partial charge in [-0.2, -0.15) is 5.10 Å². The van der Waals surface area contributed by atoms with Crippen molar-refractivity contribution in [2.75, 3.05) is 5.32 Å². The maximum absolute atomic E-state index is 12.3. The molecule has 6 heteroatoms. The minimum absolute atomic E-state index is 0.157. The molecule has 0 unspecified atom stereocenters.